The minimum atomic E-state index is -0.483. The predicted octanol–water partition coefficient (Wildman–Crippen LogP) is 1.15. The highest BCUT2D eigenvalue weighted by Gasteiger charge is 2.14. The fourth-order valence-electron chi connectivity index (χ4n) is 1.54. The molecule has 0 fully saturated rings. The fourth-order valence-corrected chi connectivity index (χ4v) is 2.50. The maximum atomic E-state index is 11.3. The zero-order valence-corrected chi connectivity index (χ0v) is 11.1. The Balaban J connectivity index is 2.12. The lowest BCUT2D eigenvalue weighted by Crippen LogP contribution is -2.15. The third-order valence-corrected chi connectivity index (χ3v) is 3.62. The first-order valence-electron chi connectivity index (χ1n) is 5.62. The van der Waals surface area contributed by atoms with Gasteiger partial charge >= 0.3 is 0 Å². The molecular formula is C11H15N5OS. The van der Waals surface area contributed by atoms with Crippen molar-refractivity contribution in [1.82, 2.24) is 14.8 Å². The zero-order chi connectivity index (χ0) is 13.1. The molecule has 7 heteroatoms. The molecule has 2 rings (SSSR count). The van der Waals surface area contributed by atoms with Crippen molar-refractivity contribution in [3.63, 3.8) is 0 Å². The number of nitrogens with zero attached hydrogens (tertiary/aromatic N) is 3. The minimum Gasteiger partial charge on any atom is -0.364 e. The third kappa shape index (κ3) is 2.67. The standard InChI is InChI=1S/C11H15N5OS/c1-3-9-14-10(11(12)17)7(18-9)6-13-8-4-5-16(2)15-8/h4-5H,3,6H2,1-2H3,(H2,12,17)(H,13,15). The van der Waals surface area contributed by atoms with Gasteiger partial charge in [-0.15, -0.1) is 11.3 Å². The largest absolute Gasteiger partial charge is 0.364 e. The summed E-state index contributed by atoms with van der Waals surface area (Å²) in [5.41, 5.74) is 5.67. The van der Waals surface area contributed by atoms with Crippen LogP contribution in [0.1, 0.15) is 27.3 Å². The first-order valence-corrected chi connectivity index (χ1v) is 6.43. The zero-order valence-electron chi connectivity index (χ0n) is 10.3. The van der Waals surface area contributed by atoms with E-state index in [2.05, 4.69) is 15.4 Å². The highest BCUT2D eigenvalue weighted by molar-refractivity contribution is 7.11. The summed E-state index contributed by atoms with van der Waals surface area (Å²) in [4.78, 5) is 16.4. The Kier molecular flexibility index (Phi) is 3.61. The van der Waals surface area contributed by atoms with Crippen molar-refractivity contribution in [2.45, 2.75) is 19.9 Å². The summed E-state index contributed by atoms with van der Waals surface area (Å²) >= 11 is 1.50. The molecule has 0 atom stereocenters. The highest BCUT2D eigenvalue weighted by atomic mass is 32.1. The van der Waals surface area contributed by atoms with Crippen molar-refractivity contribution in [3.05, 3.63) is 27.8 Å². The number of hydrogen-bond donors (Lipinski definition) is 2. The lowest BCUT2D eigenvalue weighted by molar-refractivity contribution is 0.0995. The van der Waals surface area contributed by atoms with Gasteiger partial charge in [0.1, 0.15) is 11.5 Å². The van der Waals surface area contributed by atoms with Gasteiger partial charge in [0.15, 0.2) is 0 Å². The number of thiazole rings is 1. The van der Waals surface area contributed by atoms with Crippen LogP contribution in [-0.2, 0) is 20.0 Å². The van der Waals surface area contributed by atoms with Crippen molar-refractivity contribution in [2.75, 3.05) is 5.32 Å². The molecule has 0 aliphatic rings. The van der Waals surface area contributed by atoms with Gasteiger partial charge in [0.2, 0.25) is 0 Å². The summed E-state index contributed by atoms with van der Waals surface area (Å²) in [6.45, 7) is 2.51. The first kappa shape index (κ1) is 12.6. The molecule has 2 aromatic rings. The summed E-state index contributed by atoms with van der Waals surface area (Å²) in [7, 11) is 1.85. The SMILES string of the molecule is CCc1nc(C(N)=O)c(CNc2ccn(C)n2)s1. The van der Waals surface area contributed by atoms with Gasteiger partial charge in [0.05, 0.1) is 16.4 Å². The van der Waals surface area contributed by atoms with E-state index >= 15 is 0 Å². The Labute approximate surface area is 109 Å². The normalized spacial score (nSPS) is 10.6. The second kappa shape index (κ2) is 5.18. The van der Waals surface area contributed by atoms with Crippen LogP contribution < -0.4 is 11.1 Å². The van der Waals surface area contributed by atoms with E-state index in [-0.39, 0.29) is 0 Å². The summed E-state index contributed by atoms with van der Waals surface area (Å²) in [6.07, 6.45) is 2.65. The number of primary amides is 1. The van der Waals surface area contributed by atoms with Crippen LogP contribution in [0.15, 0.2) is 12.3 Å². The van der Waals surface area contributed by atoms with Crippen LogP contribution in [0.3, 0.4) is 0 Å². The van der Waals surface area contributed by atoms with Crippen LogP contribution >= 0.6 is 11.3 Å². The second-order valence-corrected chi connectivity index (χ2v) is 4.99. The molecule has 0 aromatic carbocycles. The van der Waals surface area contributed by atoms with E-state index in [4.69, 9.17) is 5.73 Å². The molecule has 3 N–H and O–H groups in total. The Morgan fingerprint density at radius 2 is 2.39 bits per heavy atom. The van der Waals surface area contributed by atoms with Crippen LogP contribution in [0.5, 0.6) is 0 Å². The average Bonchev–Trinajstić information content (AvgIpc) is 2.92. The predicted molar refractivity (Wildman–Crippen MR) is 70.5 cm³/mol. The molecule has 1 amide bonds. The van der Waals surface area contributed by atoms with Crippen LogP contribution in [0.2, 0.25) is 0 Å². The molecule has 0 spiro atoms. The summed E-state index contributed by atoms with van der Waals surface area (Å²) in [5.74, 6) is 0.281. The van der Waals surface area contributed by atoms with Gasteiger partial charge in [0.25, 0.3) is 5.91 Å². The number of aryl methyl sites for hydroxylation is 2. The molecule has 0 radical (unpaired) electrons. The van der Waals surface area contributed by atoms with Crippen molar-refractivity contribution < 1.29 is 4.79 Å². The number of aromatic nitrogens is 3. The van der Waals surface area contributed by atoms with Crippen molar-refractivity contribution in [3.8, 4) is 0 Å². The molecule has 0 saturated heterocycles. The monoisotopic (exact) mass is 265 g/mol. The fraction of sp³-hybridized carbons (Fsp3) is 0.364. The van der Waals surface area contributed by atoms with E-state index in [1.807, 2.05) is 26.2 Å². The number of anilines is 1. The lowest BCUT2D eigenvalue weighted by Gasteiger charge is -2.01. The third-order valence-electron chi connectivity index (χ3n) is 2.42. The quantitative estimate of drug-likeness (QED) is 0.849. The topological polar surface area (TPSA) is 85.8 Å². The number of nitrogens with two attached hydrogens (primary N) is 1. The van der Waals surface area contributed by atoms with Crippen LogP contribution in [0, 0.1) is 0 Å². The van der Waals surface area contributed by atoms with Crippen LogP contribution in [0.25, 0.3) is 0 Å². The molecule has 2 aromatic heterocycles. The molecule has 96 valence electrons. The van der Waals surface area contributed by atoms with E-state index in [1.165, 1.54) is 11.3 Å². The van der Waals surface area contributed by atoms with E-state index in [0.717, 1.165) is 22.1 Å². The van der Waals surface area contributed by atoms with Gasteiger partial charge < -0.3 is 11.1 Å². The number of nitrogens with one attached hydrogen (secondary N) is 1. The van der Waals surface area contributed by atoms with Crippen molar-refractivity contribution >= 4 is 23.1 Å². The molecule has 0 unspecified atom stereocenters. The molecule has 0 aliphatic heterocycles. The van der Waals surface area contributed by atoms with Crippen LogP contribution in [0.4, 0.5) is 5.82 Å². The van der Waals surface area contributed by atoms with E-state index in [9.17, 15) is 4.79 Å². The van der Waals surface area contributed by atoms with Gasteiger partial charge in [-0.05, 0) is 6.42 Å². The molecular weight excluding hydrogens is 250 g/mol. The molecule has 18 heavy (non-hydrogen) atoms. The first-order chi connectivity index (χ1) is 8.60. The molecule has 0 bridgehead atoms. The van der Waals surface area contributed by atoms with Gasteiger partial charge in [-0.2, -0.15) is 5.10 Å². The Hall–Kier alpha value is -1.89. The Bertz CT molecular complexity index is 560. The summed E-state index contributed by atoms with van der Waals surface area (Å²) in [6, 6.07) is 1.87. The molecule has 0 aliphatic carbocycles. The van der Waals surface area contributed by atoms with Crippen molar-refractivity contribution in [2.24, 2.45) is 12.8 Å². The van der Waals surface area contributed by atoms with E-state index in [1.54, 1.807) is 4.68 Å². The number of carbonyl (C=O) groups excluding carboxylic acids is 1. The average molecular weight is 265 g/mol. The maximum Gasteiger partial charge on any atom is 0.268 e. The smallest absolute Gasteiger partial charge is 0.268 e. The number of hydrogen-bond acceptors (Lipinski definition) is 5. The lowest BCUT2D eigenvalue weighted by atomic mass is 10.3. The number of carbonyl (C=O) groups is 1. The van der Waals surface area contributed by atoms with Gasteiger partial charge in [-0.1, -0.05) is 6.92 Å². The van der Waals surface area contributed by atoms with E-state index in [0.29, 0.717) is 12.2 Å². The number of rotatable bonds is 5. The second-order valence-electron chi connectivity index (χ2n) is 3.83. The van der Waals surface area contributed by atoms with E-state index < -0.39 is 5.91 Å². The highest BCUT2D eigenvalue weighted by Crippen LogP contribution is 2.20. The van der Waals surface area contributed by atoms with Crippen LogP contribution in [-0.4, -0.2) is 20.7 Å². The number of amides is 1. The molecule has 0 saturated carbocycles. The Morgan fingerprint density at radius 3 is 2.94 bits per heavy atom. The summed E-state index contributed by atoms with van der Waals surface area (Å²) < 4.78 is 1.71. The van der Waals surface area contributed by atoms with Gasteiger partial charge in [-0.3, -0.25) is 9.48 Å². The summed E-state index contributed by atoms with van der Waals surface area (Å²) in [5, 5.41) is 8.26. The maximum absolute atomic E-state index is 11.3. The van der Waals surface area contributed by atoms with Gasteiger partial charge in [0, 0.05) is 19.3 Å². The van der Waals surface area contributed by atoms with Gasteiger partial charge in [-0.25, -0.2) is 4.98 Å². The van der Waals surface area contributed by atoms with Crippen molar-refractivity contribution in [1.29, 1.82) is 0 Å². The molecule has 6 nitrogen and oxygen atoms in total. The minimum absolute atomic E-state index is 0.361. The molecule has 2 heterocycles. The Morgan fingerprint density at radius 1 is 1.61 bits per heavy atom.